The molecule has 0 amide bonds. The van der Waals surface area contributed by atoms with E-state index >= 15 is 0 Å². The molecule has 0 atom stereocenters. The lowest BCUT2D eigenvalue weighted by Gasteiger charge is -2.08. The Morgan fingerprint density at radius 2 is 2.05 bits per heavy atom. The van der Waals surface area contributed by atoms with Crippen LogP contribution in [0, 0.1) is 17.1 Å². The Labute approximate surface area is 120 Å². The Kier molecular flexibility index (Phi) is 3.25. The molecule has 3 nitrogen and oxygen atoms in total. The first-order chi connectivity index (χ1) is 10.2. The maximum Gasteiger partial charge on any atom is 0.150 e. The van der Waals surface area contributed by atoms with Crippen LogP contribution in [0.4, 0.5) is 4.39 Å². The Hall–Kier alpha value is -2.93. The van der Waals surface area contributed by atoms with Crippen LogP contribution in [-0.2, 0) is 6.54 Å². The van der Waals surface area contributed by atoms with E-state index in [1.165, 1.54) is 18.2 Å². The van der Waals surface area contributed by atoms with Crippen molar-refractivity contribution in [3.63, 3.8) is 0 Å². The van der Waals surface area contributed by atoms with Crippen LogP contribution in [-0.4, -0.2) is 10.9 Å². The molecule has 0 aliphatic carbocycles. The fourth-order valence-corrected chi connectivity index (χ4v) is 2.42. The average molecular weight is 278 g/mol. The Morgan fingerprint density at radius 1 is 1.19 bits per heavy atom. The van der Waals surface area contributed by atoms with E-state index in [4.69, 9.17) is 5.26 Å². The van der Waals surface area contributed by atoms with Crippen LogP contribution in [0.2, 0.25) is 0 Å². The topological polar surface area (TPSA) is 45.8 Å². The van der Waals surface area contributed by atoms with Gasteiger partial charge in [-0.1, -0.05) is 0 Å². The van der Waals surface area contributed by atoms with E-state index in [1.807, 2.05) is 22.9 Å². The molecule has 0 bridgehead atoms. The second-order valence-electron chi connectivity index (χ2n) is 4.79. The lowest BCUT2D eigenvalue weighted by molar-refractivity contribution is 0.112. The number of benzene rings is 2. The van der Waals surface area contributed by atoms with Gasteiger partial charge in [0.25, 0.3) is 0 Å². The minimum Gasteiger partial charge on any atom is -0.343 e. The van der Waals surface area contributed by atoms with Gasteiger partial charge < -0.3 is 4.57 Å². The summed E-state index contributed by atoms with van der Waals surface area (Å²) in [5.74, 6) is -0.358. The first-order valence-electron chi connectivity index (χ1n) is 6.44. The highest BCUT2D eigenvalue weighted by Gasteiger charge is 2.07. The van der Waals surface area contributed by atoms with Gasteiger partial charge in [-0.15, -0.1) is 0 Å². The smallest absolute Gasteiger partial charge is 0.150 e. The molecule has 0 aliphatic rings. The summed E-state index contributed by atoms with van der Waals surface area (Å²) in [6, 6.07) is 13.5. The summed E-state index contributed by atoms with van der Waals surface area (Å²) in [5.41, 5.74) is 2.65. The van der Waals surface area contributed by atoms with Gasteiger partial charge in [0.05, 0.1) is 11.6 Å². The summed E-state index contributed by atoms with van der Waals surface area (Å²) in [6.07, 6.45) is 2.67. The number of fused-ring (bicyclic) bond motifs is 1. The molecule has 3 aromatic rings. The number of hydrogen-bond donors (Lipinski definition) is 0. The molecule has 0 aliphatic heterocycles. The van der Waals surface area contributed by atoms with Gasteiger partial charge in [-0.25, -0.2) is 4.39 Å². The van der Waals surface area contributed by atoms with E-state index in [0.29, 0.717) is 23.2 Å². The van der Waals surface area contributed by atoms with Crippen LogP contribution in [0.3, 0.4) is 0 Å². The Morgan fingerprint density at radius 3 is 2.81 bits per heavy atom. The molecule has 4 heteroatoms. The van der Waals surface area contributed by atoms with Crippen LogP contribution < -0.4 is 0 Å². The van der Waals surface area contributed by atoms with E-state index < -0.39 is 0 Å². The molecule has 21 heavy (non-hydrogen) atoms. The van der Waals surface area contributed by atoms with Crippen LogP contribution >= 0.6 is 0 Å². The monoisotopic (exact) mass is 278 g/mol. The van der Waals surface area contributed by atoms with Gasteiger partial charge >= 0.3 is 0 Å². The van der Waals surface area contributed by atoms with Gasteiger partial charge in [0, 0.05) is 29.2 Å². The minimum absolute atomic E-state index is 0.358. The lowest BCUT2D eigenvalue weighted by Crippen LogP contribution is -2.01. The van der Waals surface area contributed by atoms with Gasteiger partial charge in [-0.3, -0.25) is 4.79 Å². The van der Waals surface area contributed by atoms with Crippen LogP contribution in [0.5, 0.6) is 0 Å². The molecule has 0 saturated carbocycles. The van der Waals surface area contributed by atoms with Crippen LogP contribution in [0.15, 0.2) is 48.7 Å². The molecule has 2 aromatic carbocycles. The first-order valence-corrected chi connectivity index (χ1v) is 6.44. The molecule has 1 heterocycles. The van der Waals surface area contributed by atoms with Gasteiger partial charge in [-0.2, -0.15) is 5.26 Å². The zero-order valence-corrected chi connectivity index (χ0v) is 11.1. The van der Waals surface area contributed by atoms with E-state index in [1.54, 1.807) is 12.1 Å². The summed E-state index contributed by atoms with van der Waals surface area (Å²) in [5, 5.41) is 10.0. The second kappa shape index (κ2) is 5.22. The zero-order chi connectivity index (χ0) is 14.8. The molecule has 0 N–H and O–H groups in total. The molecule has 0 unspecified atom stereocenters. The summed E-state index contributed by atoms with van der Waals surface area (Å²) >= 11 is 0. The Bertz CT molecular complexity index is 874. The van der Waals surface area contributed by atoms with Gasteiger partial charge in [0.15, 0.2) is 0 Å². The third-order valence-electron chi connectivity index (χ3n) is 3.46. The molecule has 0 radical (unpaired) electrons. The summed E-state index contributed by atoms with van der Waals surface area (Å²) in [7, 11) is 0. The van der Waals surface area contributed by atoms with E-state index in [-0.39, 0.29) is 5.82 Å². The van der Waals surface area contributed by atoms with E-state index in [2.05, 4.69) is 6.07 Å². The number of nitriles is 1. The predicted molar refractivity (Wildman–Crippen MR) is 77.5 cm³/mol. The molecular formula is C17H11FN2O. The second-order valence-corrected chi connectivity index (χ2v) is 4.79. The number of halogens is 1. The summed E-state index contributed by atoms with van der Waals surface area (Å²) in [6.45, 7) is 0.407. The molecule has 3 rings (SSSR count). The number of aldehydes is 1. The normalized spacial score (nSPS) is 10.5. The number of nitrogens with zero attached hydrogens (tertiary/aromatic N) is 2. The van der Waals surface area contributed by atoms with Gasteiger partial charge in [0.1, 0.15) is 12.1 Å². The average Bonchev–Trinajstić information content (AvgIpc) is 2.90. The Balaban J connectivity index is 2.05. The van der Waals surface area contributed by atoms with Crippen molar-refractivity contribution in [2.75, 3.05) is 0 Å². The van der Waals surface area contributed by atoms with Crippen molar-refractivity contribution in [3.05, 3.63) is 71.2 Å². The number of hydrogen-bond acceptors (Lipinski definition) is 2. The lowest BCUT2D eigenvalue weighted by atomic mass is 10.1. The van der Waals surface area contributed by atoms with Gasteiger partial charge in [-0.05, 0) is 48.0 Å². The van der Waals surface area contributed by atoms with Crippen molar-refractivity contribution in [3.8, 4) is 6.07 Å². The predicted octanol–water partition coefficient (Wildman–Crippen LogP) is 3.51. The van der Waals surface area contributed by atoms with Crippen molar-refractivity contribution in [1.29, 1.82) is 5.26 Å². The molecular weight excluding hydrogens is 267 g/mol. The minimum atomic E-state index is -0.358. The third kappa shape index (κ3) is 2.41. The fourth-order valence-electron chi connectivity index (χ4n) is 2.42. The molecule has 0 saturated heterocycles. The van der Waals surface area contributed by atoms with Crippen molar-refractivity contribution in [2.45, 2.75) is 6.54 Å². The highest BCUT2D eigenvalue weighted by atomic mass is 19.1. The van der Waals surface area contributed by atoms with Crippen LogP contribution in [0.1, 0.15) is 21.5 Å². The first kappa shape index (κ1) is 13.1. The summed E-state index contributed by atoms with van der Waals surface area (Å²) < 4.78 is 15.3. The largest absolute Gasteiger partial charge is 0.343 e. The quantitative estimate of drug-likeness (QED) is 0.688. The number of carbonyl (C=O) groups is 1. The number of carbonyl (C=O) groups excluding carboxylic acids is 1. The zero-order valence-electron chi connectivity index (χ0n) is 11.1. The van der Waals surface area contributed by atoms with E-state index in [0.717, 1.165) is 17.2 Å². The third-order valence-corrected chi connectivity index (χ3v) is 3.46. The maximum absolute atomic E-state index is 13.4. The maximum atomic E-state index is 13.4. The molecule has 0 spiro atoms. The standard InChI is InChI=1S/C17H11FN2O/c18-16-3-2-14(9-19)15(8-16)10-20-6-5-13-7-12(11-21)1-4-17(13)20/h1-8,11H,10H2. The molecule has 1 aromatic heterocycles. The van der Waals surface area contributed by atoms with Crippen molar-refractivity contribution in [1.82, 2.24) is 4.57 Å². The summed E-state index contributed by atoms with van der Waals surface area (Å²) in [4.78, 5) is 10.8. The van der Waals surface area contributed by atoms with Gasteiger partial charge in [0.2, 0.25) is 0 Å². The van der Waals surface area contributed by atoms with E-state index in [9.17, 15) is 9.18 Å². The van der Waals surface area contributed by atoms with Crippen molar-refractivity contribution >= 4 is 17.2 Å². The number of aromatic nitrogens is 1. The SMILES string of the molecule is N#Cc1ccc(F)cc1Cn1ccc2cc(C=O)ccc21. The fraction of sp³-hybridized carbons (Fsp3) is 0.0588. The van der Waals surface area contributed by atoms with Crippen LogP contribution in [0.25, 0.3) is 10.9 Å². The highest BCUT2D eigenvalue weighted by molar-refractivity contribution is 5.87. The number of rotatable bonds is 3. The molecule has 102 valence electrons. The van der Waals surface area contributed by atoms with Crippen molar-refractivity contribution in [2.24, 2.45) is 0 Å². The molecule has 0 fully saturated rings. The highest BCUT2D eigenvalue weighted by Crippen LogP contribution is 2.20. The van der Waals surface area contributed by atoms with Crippen molar-refractivity contribution < 1.29 is 9.18 Å².